The van der Waals surface area contributed by atoms with E-state index in [9.17, 15) is 9.90 Å². The Balaban J connectivity index is 2.58. The molecule has 10 heavy (non-hydrogen) atoms. The van der Waals surface area contributed by atoms with E-state index in [1.165, 1.54) is 7.05 Å². The zero-order chi connectivity index (χ0) is 7.61. The van der Waals surface area contributed by atoms with Crippen molar-refractivity contribution in [1.82, 2.24) is 10.6 Å². The fraction of sp³-hybridized carbons (Fsp3) is 0.833. The van der Waals surface area contributed by atoms with Crippen LogP contribution in [0.2, 0.25) is 0 Å². The summed E-state index contributed by atoms with van der Waals surface area (Å²) in [6, 6.07) is 0. The van der Waals surface area contributed by atoms with Crippen LogP contribution < -0.4 is 10.6 Å². The number of aliphatic hydroxyl groups is 1. The molecular weight excluding hydrogens is 132 g/mol. The predicted octanol–water partition coefficient (Wildman–Crippen LogP) is -1.20. The lowest BCUT2D eigenvalue weighted by Gasteiger charge is -2.19. The molecule has 0 bridgehead atoms. The van der Waals surface area contributed by atoms with E-state index in [-0.39, 0.29) is 5.91 Å². The number of hydrogen-bond donors (Lipinski definition) is 3. The van der Waals surface area contributed by atoms with Crippen LogP contribution in [0, 0.1) is 0 Å². The van der Waals surface area contributed by atoms with Gasteiger partial charge in [0, 0.05) is 13.5 Å². The first-order valence-corrected chi connectivity index (χ1v) is 3.38. The monoisotopic (exact) mass is 144 g/mol. The Morgan fingerprint density at radius 1 is 1.80 bits per heavy atom. The maximum absolute atomic E-state index is 10.9. The molecule has 0 aromatic heterocycles. The zero-order valence-corrected chi connectivity index (χ0v) is 5.98. The van der Waals surface area contributed by atoms with Gasteiger partial charge in [-0.05, 0) is 13.0 Å². The van der Waals surface area contributed by atoms with Gasteiger partial charge in [0.05, 0.1) is 0 Å². The molecule has 1 fully saturated rings. The highest BCUT2D eigenvalue weighted by molar-refractivity contribution is 5.84. The highest BCUT2D eigenvalue weighted by Gasteiger charge is 2.37. The molecule has 1 rings (SSSR count). The van der Waals surface area contributed by atoms with Gasteiger partial charge in [0.25, 0.3) is 5.91 Å². The van der Waals surface area contributed by atoms with Gasteiger partial charge in [0.1, 0.15) is 0 Å². The number of carbonyl (C=O) groups excluding carboxylic acids is 1. The second-order valence-corrected chi connectivity index (χ2v) is 2.47. The lowest BCUT2D eigenvalue weighted by molar-refractivity contribution is -0.140. The molecule has 0 aromatic carbocycles. The third-order valence-electron chi connectivity index (χ3n) is 1.74. The standard InChI is InChI=1S/C6H12N2O2/c1-7-5(9)6(10)3-2-4-8-6/h8,10H,2-4H2,1H3,(H,7,9)/t6-/m0/s1. The van der Waals surface area contributed by atoms with Crippen molar-refractivity contribution in [2.75, 3.05) is 13.6 Å². The Labute approximate surface area is 59.6 Å². The highest BCUT2D eigenvalue weighted by Crippen LogP contribution is 2.14. The molecule has 1 aliphatic rings. The van der Waals surface area contributed by atoms with Gasteiger partial charge in [-0.2, -0.15) is 0 Å². The normalized spacial score (nSPS) is 32.2. The van der Waals surface area contributed by atoms with Crippen LogP contribution in [-0.2, 0) is 4.79 Å². The van der Waals surface area contributed by atoms with E-state index in [4.69, 9.17) is 0 Å². The molecule has 1 amide bonds. The molecule has 0 spiro atoms. The Hall–Kier alpha value is -0.610. The number of rotatable bonds is 1. The third-order valence-corrected chi connectivity index (χ3v) is 1.74. The van der Waals surface area contributed by atoms with Gasteiger partial charge in [-0.25, -0.2) is 0 Å². The number of hydrogen-bond acceptors (Lipinski definition) is 3. The zero-order valence-electron chi connectivity index (χ0n) is 5.98. The first-order chi connectivity index (χ1) is 4.69. The van der Waals surface area contributed by atoms with Gasteiger partial charge in [-0.3, -0.25) is 10.1 Å². The topological polar surface area (TPSA) is 61.4 Å². The molecule has 1 heterocycles. The summed E-state index contributed by atoms with van der Waals surface area (Å²) in [5.74, 6) is -0.343. The van der Waals surface area contributed by atoms with Gasteiger partial charge in [0.15, 0.2) is 5.72 Å². The summed E-state index contributed by atoms with van der Waals surface area (Å²) in [6.07, 6.45) is 1.36. The van der Waals surface area contributed by atoms with Crippen molar-refractivity contribution in [1.29, 1.82) is 0 Å². The van der Waals surface area contributed by atoms with Crippen molar-refractivity contribution in [2.24, 2.45) is 0 Å². The summed E-state index contributed by atoms with van der Waals surface area (Å²) < 4.78 is 0. The lowest BCUT2D eigenvalue weighted by Crippen LogP contribution is -2.52. The van der Waals surface area contributed by atoms with Crippen molar-refractivity contribution in [3.8, 4) is 0 Å². The summed E-state index contributed by atoms with van der Waals surface area (Å²) in [4.78, 5) is 10.9. The van der Waals surface area contributed by atoms with E-state index in [2.05, 4.69) is 10.6 Å². The molecule has 1 aliphatic heterocycles. The van der Waals surface area contributed by atoms with Crippen LogP contribution in [0.3, 0.4) is 0 Å². The molecule has 0 aromatic rings. The molecule has 1 atom stereocenters. The SMILES string of the molecule is CNC(=O)[C@@]1(O)CCCN1. The molecule has 4 heteroatoms. The summed E-state index contributed by atoms with van der Waals surface area (Å²) in [7, 11) is 1.51. The van der Waals surface area contributed by atoms with Crippen molar-refractivity contribution < 1.29 is 9.90 Å². The molecule has 4 nitrogen and oxygen atoms in total. The van der Waals surface area contributed by atoms with Gasteiger partial charge in [-0.1, -0.05) is 0 Å². The first kappa shape index (κ1) is 7.50. The van der Waals surface area contributed by atoms with Crippen LogP contribution in [0.5, 0.6) is 0 Å². The maximum Gasteiger partial charge on any atom is 0.267 e. The average Bonchev–Trinajstić information content (AvgIpc) is 2.36. The quantitative estimate of drug-likeness (QED) is 0.433. The van der Waals surface area contributed by atoms with Crippen LogP contribution in [0.25, 0.3) is 0 Å². The molecule has 0 unspecified atom stereocenters. The minimum absolute atomic E-state index is 0.343. The van der Waals surface area contributed by atoms with Crippen LogP contribution in [0.1, 0.15) is 12.8 Å². The summed E-state index contributed by atoms with van der Waals surface area (Å²) >= 11 is 0. The Bertz CT molecular complexity index is 141. The second kappa shape index (κ2) is 2.56. The van der Waals surface area contributed by atoms with Gasteiger partial charge in [0.2, 0.25) is 0 Å². The van der Waals surface area contributed by atoms with Crippen LogP contribution in [-0.4, -0.2) is 30.3 Å². The number of likely N-dealkylation sites (N-methyl/N-ethyl adjacent to an activating group) is 1. The summed E-state index contributed by atoms with van der Waals surface area (Å²) in [5, 5.41) is 14.6. The van der Waals surface area contributed by atoms with Gasteiger partial charge < -0.3 is 10.4 Å². The molecule has 0 saturated carbocycles. The number of carbonyl (C=O) groups is 1. The molecular formula is C6H12N2O2. The maximum atomic E-state index is 10.9. The smallest absolute Gasteiger partial charge is 0.267 e. The van der Waals surface area contributed by atoms with Crippen molar-refractivity contribution in [2.45, 2.75) is 18.6 Å². The minimum Gasteiger partial charge on any atom is -0.367 e. The van der Waals surface area contributed by atoms with Crippen LogP contribution >= 0.6 is 0 Å². The molecule has 0 radical (unpaired) electrons. The molecule has 58 valence electrons. The van der Waals surface area contributed by atoms with Crippen molar-refractivity contribution in [3.05, 3.63) is 0 Å². The Morgan fingerprint density at radius 2 is 2.50 bits per heavy atom. The third kappa shape index (κ3) is 1.12. The van der Waals surface area contributed by atoms with E-state index >= 15 is 0 Å². The van der Waals surface area contributed by atoms with Gasteiger partial charge >= 0.3 is 0 Å². The van der Waals surface area contributed by atoms with Gasteiger partial charge in [-0.15, -0.1) is 0 Å². The first-order valence-electron chi connectivity index (χ1n) is 3.38. The van der Waals surface area contributed by atoms with Crippen LogP contribution in [0.4, 0.5) is 0 Å². The Kier molecular flexibility index (Phi) is 1.92. The minimum atomic E-state index is -1.30. The number of amides is 1. The average molecular weight is 144 g/mol. The Morgan fingerprint density at radius 3 is 2.90 bits per heavy atom. The fourth-order valence-electron chi connectivity index (χ4n) is 1.13. The van der Waals surface area contributed by atoms with E-state index < -0.39 is 5.72 Å². The second-order valence-electron chi connectivity index (χ2n) is 2.47. The largest absolute Gasteiger partial charge is 0.367 e. The predicted molar refractivity (Wildman–Crippen MR) is 36.3 cm³/mol. The number of nitrogens with one attached hydrogen (secondary N) is 2. The molecule has 0 aliphatic carbocycles. The molecule has 3 N–H and O–H groups in total. The summed E-state index contributed by atoms with van der Waals surface area (Å²) in [5.41, 5.74) is -1.30. The van der Waals surface area contributed by atoms with E-state index in [1.54, 1.807) is 0 Å². The van der Waals surface area contributed by atoms with Crippen molar-refractivity contribution in [3.63, 3.8) is 0 Å². The highest BCUT2D eigenvalue weighted by atomic mass is 16.3. The lowest BCUT2D eigenvalue weighted by atomic mass is 10.1. The van der Waals surface area contributed by atoms with E-state index in [0.29, 0.717) is 13.0 Å². The summed E-state index contributed by atoms with van der Waals surface area (Å²) in [6.45, 7) is 0.712. The molecule has 1 saturated heterocycles. The van der Waals surface area contributed by atoms with E-state index in [1.807, 2.05) is 0 Å². The fourth-order valence-corrected chi connectivity index (χ4v) is 1.13. The van der Waals surface area contributed by atoms with Crippen molar-refractivity contribution >= 4 is 5.91 Å². The van der Waals surface area contributed by atoms with Crippen LogP contribution in [0.15, 0.2) is 0 Å². The van der Waals surface area contributed by atoms with E-state index in [0.717, 1.165) is 6.42 Å².